The van der Waals surface area contributed by atoms with Crippen LogP contribution in [0.1, 0.15) is 26.2 Å². The van der Waals surface area contributed by atoms with E-state index in [9.17, 15) is 4.79 Å². The van der Waals surface area contributed by atoms with E-state index < -0.39 is 0 Å². The zero-order valence-corrected chi connectivity index (χ0v) is 6.92. The molecule has 0 spiro atoms. The average molecular weight is 153 g/mol. The third-order valence-corrected chi connectivity index (χ3v) is 3.45. The van der Waals surface area contributed by atoms with Crippen molar-refractivity contribution in [1.29, 1.82) is 0 Å². The first-order valence-electron chi connectivity index (χ1n) is 4.46. The number of hydrogen-bond donors (Lipinski definition) is 1. The Morgan fingerprint density at radius 3 is 2.36 bits per heavy atom. The van der Waals surface area contributed by atoms with Crippen LogP contribution in [0.25, 0.3) is 0 Å². The minimum absolute atomic E-state index is 0.186. The molecule has 0 unspecified atom stereocenters. The Hall–Kier alpha value is -0.370. The van der Waals surface area contributed by atoms with E-state index in [4.69, 9.17) is 5.73 Å². The molecule has 0 aliphatic heterocycles. The van der Waals surface area contributed by atoms with Crippen molar-refractivity contribution in [2.75, 3.05) is 0 Å². The smallest absolute Gasteiger partial charge is 0.134 e. The molecule has 2 bridgehead atoms. The van der Waals surface area contributed by atoms with Gasteiger partial charge >= 0.3 is 0 Å². The summed E-state index contributed by atoms with van der Waals surface area (Å²) in [5.74, 6) is 1.81. The van der Waals surface area contributed by atoms with Crippen LogP contribution in [0.15, 0.2) is 0 Å². The summed E-state index contributed by atoms with van der Waals surface area (Å²) in [4.78, 5) is 11.2. The quantitative estimate of drug-likeness (QED) is 0.609. The van der Waals surface area contributed by atoms with Crippen LogP contribution in [-0.4, -0.2) is 11.8 Å². The van der Waals surface area contributed by atoms with Crippen molar-refractivity contribution in [3.8, 4) is 0 Å². The molecule has 0 aromatic rings. The molecule has 62 valence electrons. The molecule has 0 heterocycles. The minimum atomic E-state index is 0.186. The highest BCUT2D eigenvalue weighted by Gasteiger charge is 2.47. The van der Waals surface area contributed by atoms with Gasteiger partial charge in [-0.25, -0.2) is 0 Å². The van der Waals surface area contributed by atoms with Gasteiger partial charge in [-0.2, -0.15) is 0 Å². The number of carbonyl (C=O) groups excluding carboxylic acids is 1. The Morgan fingerprint density at radius 2 is 2.00 bits per heavy atom. The summed E-state index contributed by atoms with van der Waals surface area (Å²) in [6, 6.07) is 0.186. The monoisotopic (exact) mass is 153 g/mol. The molecular formula is C9H15NO. The molecule has 2 aliphatic carbocycles. The Bertz CT molecular complexity index is 188. The lowest BCUT2D eigenvalue weighted by Crippen LogP contribution is -2.39. The molecule has 2 heteroatoms. The summed E-state index contributed by atoms with van der Waals surface area (Å²) in [6.45, 7) is 1.69. The third kappa shape index (κ3) is 0.924. The van der Waals surface area contributed by atoms with Gasteiger partial charge in [-0.15, -0.1) is 0 Å². The summed E-state index contributed by atoms with van der Waals surface area (Å²) >= 11 is 0. The number of nitrogens with two attached hydrogens (primary N) is 1. The lowest BCUT2D eigenvalue weighted by atomic mass is 9.83. The topological polar surface area (TPSA) is 43.1 Å². The molecule has 2 rings (SSSR count). The van der Waals surface area contributed by atoms with E-state index in [1.54, 1.807) is 6.92 Å². The number of fused-ring (bicyclic) bond motifs is 2. The molecule has 0 saturated heterocycles. The lowest BCUT2D eigenvalue weighted by molar-refractivity contribution is -0.122. The molecule has 2 saturated carbocycles. The lowest BCUT2D eigenvalue weighted by Gasteiger charge is -2.25. The van der Waals surface area contributed by atoms with Crippen LogP contribution in [0, 0.1) is 17.8 Å². The molecule has 0 aromatic heterocycles. The van der Waals surface area contributed by atoms with Gasteiger partial charge in [-0.1, -0.05) is 0 Å². The number of Topliss-reactive ketones (excluding diaryl/α,β-unsaturated/α-hetero) is 1. The van der Waals surface area contributed by atoms with Gasteiger partial charge in [0.2, 0.25) is 0 Å². The van der Waals surface area contributed by atoms with Gasteiger partial charge in [0.15, 0.2) is 0 Å². The third-order valence-electron chi connectivity index (χ3n) is 3.45. The van der Waals surface area contributed by atoms with E-state index in [0.717, 1.165) is 0 Å². The van der Waals surface area contributed by atoms with E-state index in [-0.39, 0.29) is 12.0 Å². The normalized spacial score (nSPS) is 48.2. The molecule has 2 fully saturated rings. The van der Waals surface area contributed by atoms with Gasteiger partial charge in [-0.05, 0) is 38.0 Å². The first-order valence-corrected chi connectivity index (χ1v) is 4.46. The maximum absolute atomic E-state index is 11.2. The molecule has 0 amide bonds. The van der Waals surface area contributed by atoms with Crippen LogP contribution in [-0.2, 0) is 4.79 Å². The van der Waals surface area contributed by atoms with Gasteiger partial charge in [0.05, 0.1) is 0 Å². The fraction of sp³-hybridized carbons (Fsp3) is 0.889. The van der Waals surface area contributed by atoms with Gasteiger partial charge in [0, 0.05) is 12.0 Å². The zero-order chi connectivity index (χ0) is 8.01. The highest BCUT2D eigenvalue weighted by Crippen LogP contribution is 2.47. The number of carbonyl (C=O) groups is 1. The highest BCUT2D eigenvalue weighted by molar-refractivity contribution is 5.80. The second kappa shape index (κ2) is 2.31. The largest absolute Gasteiger partial charge is 0.327 e. The summed E-state index contributed by atoms with van der Waals surface area (Å²) < 4.78 is 0. The van der Waals surface area contributed by atoms with Crippen LogP contribution in [0.2, 0.25) is 0 Å². The fourth-order valence-corrected chi connectivity index (χ4v) is 2.94. The van der Waals surface area contributed by atoms with E-state index >= 15 is 0 Å². The maximum atomic E-state index is 11.2. The molecule has 2 N–H and O–H groups in total. The molecule has 4 atom stereocenters. The summed E-state index contributed by atoms with van der Waals surface area (Å²) in [5, 5.41) is 0. The van der Waals surface area contributed by atoms with Crippen molar-refractivity contribution >= 4 is 5.78 Å². The Balaban J connectivity index is 2.17. The van der Waals surface area contributed by atoms with Crippen LogP contribution >= 0.6 is 0 Å². The van der Waals surface area contributed by atoms with Crippen molar-refractivity contribution in [2.45, 2.75) is 32.2 Å². The Kier molecular flexibility index (Phi) is 1.53. The average Bonchev–Trinajstić information content (AvgIpc) is 2.44. The minimum Gasteiger partial charge on any atom is -0.327 e. The van der Waals surface area contributed by atoms with Crippen molar-refractivity contribution < 1.29 is 4.79 Å². The fourth-order valence-electron chi connectivity index (χ4n) is 2.94. The highest BCUT2D eigenvalue weighted by atomic mass is 16.1. The Labute approximate surface area is 67.1 Å². The molecule has 11 heavy (non-hydrogen) atoms. The van der Waals surface area contributed by atoms with Gasteiger partial charge in [-0.3, -0.25) is 4.79 Å². The van der Waals surface area contributed by atoms with Crippen LogP contribution in [0.3, 0.4) is 0 Å². The SMILES string of the molecule is CC(=O)[C@H]1[C@@H]2CC[C@@H](C2)[C@H]1N. The summed E-state index contributed by atoms with van der Waals surface area (Å²) in [6.07, 6.45) is 3.71. The first-order chi connectivity index (χ1) is 5.20. The van der Waals surface area contributed by atoms with Crippen molar-refractivity contribution in [1.82, 2.24) is 0 Å². The number of hydrogen-bond acceptors (Lipinski definition) is 2. The number of ketones is 1. The van der Waals surface area contributed by atoms with Gasteiger partial charge in [0.1, 0.15) is 5.78 Å². The molecule has 2 nitrogen and oxygen atoms in total. The zero-order valence-electron chi connectivity index (χ0n) is 6.92. The van der Waals surface area contributed by atoms with E-state index in [1.807, 2.05) is 0 Å². The predicted molar refractivity (Wildman–Crippen MR) is 43.0 cm³/mol. The molecular weight excluding hydrogens is 138 g/mol. The van der Waals surface area contributed by atoms with Crippen LogP contribution < -0.4 is 5.73 Å². The predicted octanol–water partition coefficient (Wildman–Crippen LogP) is 0.949. The van der Waals surface area contributed by atoms with Crippen LogP contribution in [0.4, 0.5) is 0 Å². The standard InChI is InChI=1S/C9H15NO/c1-5(11)8-6-2-3-7(4-6)9(8)10/h6-9H,2-4,10H2,1H3/t6-,7+,8+,9-/m1/s1. The summed E-state index contributed by atoms with van der Waals surface area (Å²) in [5.41, 5.74) is 5.94. The van der Waals surface area contributed by atoms with E-state index in [0.29, 0.717) is 17.6 Å². The van der Waals surface area contributed by atoms with Gasteiger partial charge in [0.25, 0.3) is 0 Å². The van der Waals surface area contributed by atoms with Gasteiger partial charge < -0.3 is 5.73 Å². The molecule has 0 radical (unpaired) electrons. The van der Waals surface area contributed by atoms with Crippen LogP contribution in [0.5, 0.6) is 0 Å². The maximum Gasteiger partial charge on any atom is 0.134 e. The second-order valence-corrected chi connectivity index (χ2v) is 4.05. The van der Waals surface area contributed by atoms with Crippen molar-refractivity contribution in [3.05, 3.63) is 0 Å². The second-order valence-electron chi connectivity index (χ2n) is 4.05. The van der Waals surface area contributed by atoms with E-state index in [2.05, 4.69) is 0 Å². The summed E-state index contributed by atoms with van der Waals surface area (Å²) in [7, 11) is 0. The van der Waals surface area contributed by atoms with E-state index in [1.165, 1.54) is 19.3 Å². The molecule has 2 aliphatic rings. The van der Waals surface area contributed by atoms with Crippen molar-refractivity contribution in [3.63, 3.8) is 0 Å². The molecule has 0 aromatic carbocycles. The Morgan fingerprint density at radius 1 is 1.36 bits per heavy atom. The number of rotatable bonds is 1. The van der Waals surface area contributed by atoms with Crippen molar-refractivity contribution in [2.24, 2.45) is 23.5 Å². The first kappa shape index (κ1) is 7.29.